The van der Waals surface area contributed by atoms with Crippen LogP contribution in [-0.4, -0.2) is 51.5 Å². The molecule has 8 heteroatoms. The molecule has 1 saturated heterocycles. The van der Waals surface area contributed by atoms with Gasteiger partial charge in [0.15, 0.2) is 0 Å². The van der Waals surface area contributed by atoms with E-state index in [1.54, 1.807) is 40.1 Å². The van der Waals surface area contributed by atoms with Crippen LogP contribution >= 0.6 is 0 Å². The largest absolute Gasteiger partial charge is 0.366 e. The predicted octanol–water partition coefficient (Wildman–Crippen LogP) is 2.67. The number of carbonyl (C=O) groups excluding carboxylic acids is 1. The fraction of sp³-hybridized carbons (Fsp3) is 0.192. The third kappa shape index (κ3) is 3.88. The fourth-order valence-electron chi connectivity index (χ4n) is 4.39. The second kappa shape index (κ2) is 9.16. The number of benzene rings is 1. The van der Waals surface area contributed by atoms with Crippen molar-refractivity contribution in [1.82, 2.24) is 19.4 Å². The maximum atomic E-state index is 13.4. The van der Waals surface area contributed by atoms with Crippen LogP contribution in [0.4, 0.5) is 5.69 Å². The van der Waals surface area contributed by atoms with Gasteiger partial charge in [-0.3, -0.25) is 19.1 Å². The van der Waals surface area contributed by atoms with Crippen molar-refractivity contribution < 1.29 is 4.79 Å². The summed E-state index contributed by atoms with van der Waals surface area (Å²) in [5, 5.41) is 10.7. The standard InChI is InChI=1S/C26H22N6O2/c27-17-21-23(30-13-15-31(16-14-30)26(34)22-10-4-5-11-28-22)20-9-6-12-29-24(20)32(25(21)33)18-19-7-2-1-3-8-19/h1-12H,13-16,18H2. The van der Waals surface area contributed by atoms with E-state index in [0.717, 1.165) is 10.9 Å². The number of aromatic nitrogens is 3. The van der Waals surface area contributed by atoms with Gasteiger partial charge in [-0.2, -0.15) is 5.26 Å². The average Bonchev–Trinajstić information content (AvgIpc) is 2.90. The summed E-state index contributed by atoms with van der Waals surface area (Å²) < 4.78 is 1.56. The first-order valence-electron chi connectivity index (χ1n) is 11.1. The fourth-order valence-corrected chi connectivity index (χ4v) is 4.39. The molecule has 4 aromatic rings. The Balaban J connectivity index is 1.50. The molecule has 3 aromatic heterocycles. The second-order valence-corrected chi connectivity index (χ2v) is 8.08. The molecule has 0 bridgehead atoms. The van der Waals surface area contributed by atoms with E-state index in [4.69, 9.17) is 0 Å². The molecule has 168 valence electrons. The van der Waals surface area contributed by atoms with E-state index in [0.29, 0.717) is 49.8 Å². The molecule has 1 aromatic carbocycles. The molecule has 0 radical (unpaired) electrons. The van der Waals surface area contributed by atoms with Gasteiger partial charge < -0.3 is 9.80 Å². The van der Waals surface area contributed by atoms with Crippen LogP contribution in [0.1, 0.15) is 21.6 Å². The highest BCUT2D eigenvalue weighted by Gasteiger charge is 2.27. The molecule has 1 aliphatic rings. The Kier molecular flexibility index (Phi) is 5.75. The number of amides is 1. The first-order valence-corrected chi connectivity index (χ1v) is 11.1. The van der Waals surface area contributed by atoms with Gasteiger partial charge in [0.1, 0.15) is 23.0 Å². The highest BCUT2D eigenvalue weighted by molar-refractivity contribution is 5.94. The summed E-state index contributed by atoms with van der Waals surface area (Å²) in [7, 11) is 0. The number of piperazine rings is 1. The third-order valence-electron chi connectivity index (χ3n) is 6.06. The first kappa shape index (κ1) is 21.3. The Morgan fingerprint density at radius 1 is 0.912 bits per heavy atom. The van der Waals surface area contributed by atoms with Crippen LogP contribution in [0.2, 0.25) is 0 Å². The van der Waals surface area contributed by atoms with Crippen molar-refractivity contribution in [3.8, 4) is 6.07 Å². The topological polar surface area (TPSA) is 95.1 Å². The van der Waals surface area contributed by atoms with Crippen LogP contribution in [0.25, 0.3) is 11.0 Å². The Morgan fingerprint density at radius 2 is 1.65 bits per heavy atom. The number of anilines is 1. The van der Waals surface area contributed by atoms with E-state index in [1.165, 1.54) is 0 Å². The van der Waals surface area contributed by atoms with Crippen LogP contribution in [0.3, 0.4) is 0 Å². The van der Waals surface area contributed by atoms with E-state index in [1.807, 2.05) is 47.4 Å². The molecule has 0 aliphatic carbocycles. The smallest absolute Gasteiger partial charge is 0.272 e. The van der Waals surface area contributed by atoms with E-state index in [-0.39, 0.29) is 17.0 Å². The molecule has 1 amide bonds. The number of hydrogen-bond acceptors (Lipinski definition) is 6. The Hall–Kier alpha value is -4.51. The van der Waals surface area contributed by atoms with Gasteiger partial charge in [0.05, 0.1) is 12.2 Å². The van der Waals surface area contributed by atoms with Crippen molar-refractivity contribution >= 4 is 22.6 Å². The lowest BCUT2D eigenvalue weighted by Crippen LogP contribution is -2.49. The van der Waals surface area contributed by atoms with Gasteiger partial charge >= 0.3 is 0 Å². The van der Waals surface area contributed by atoms with Gasteiger partial charge in [0.25, 0.3) is 11.5 Å². The molecule has 1 fully saturated rings. The SMILES string of the molecule is N#Cc1c(N2CCN(C(=O)c3ccccn3)CC2)c2cccnc2n(Cc2ccccc2)c1=O. The zero-order valence-corrected chi connectivity index (χ0v) is 18.5. The van der Waals surface area contributed by atoms with Crippen molar-refractivity contribution in [3.63, 3.8) is 0 Å². The summed E-state index contributed by atoms with van der Waals surface area (Å²) in [6.45, 7) is 2.26. The Morgan fingerprint density at radius 3 is 2.35 bits per heavy atom. The maximum Gasteiger partial charge on any atom is 0.272 e. The number of nitrogens with zero attached hydrogens (tertiary/aromatic N) is 6. The summed E-state index contributed by atoms with van der Waals surface area (Å²) in [6, 6.07) is 20.8. The maximum absolute atomic E-state index is 13.4. The lowest BCUT2D eigenvalue weighted by Gasteiger charge is -2.36. The van der Waals surface area contributed by atoms with Crippen LogP contribution in [-0.2, 0) is 6.54 Å². The highest BCUT2D eigenvalue weighted by Crippen LogP contribution is 2.29. The molecule has 0 saturated carbocycles. The highest BCUT2D eigenvalue weighted by atomic mass is 16.2. The van der Waals surface area contributed by atoms with Crippen molar-refractivity contribution in [2.45, 2.75) is 6.54 Å². The molecule has 0 unspecified atom stereocenters. The lowest BCUT2D eigenvalue weighted by molar-refractivity contribution is 0.0741. The normalized spacial score (nSPS) is 13.6. The summed E-state index contributed by atoms with van der Waals surface area (Å²) in [5.41, 5.74) is 2.23. The Labute approximate surface area is 196 Å². The van der Waals surface area contributed by atoms with Crippen LogP contribution < -0.4 is 10.5 Å². The van der Waals surface area contributed by atoms with Crippen molar-refractivity contribution in [3.05, 3.63) is 100 Å². The first-order chi connectivity index (χ1) is 16.7. The molecular formula is C26H22N6O2. The molecule has 34 heavy (non-hydrogen) atoms. The zero-order valence-electron chi connectivity index (χ0n) is 18.5. The van der Waals surface area contributed by atoms with Crippen molar-refractivity contribution in [1.29, 1.82) is 5.26 Å². The summed E-state index contributed by atoms with van der Waals surface area (Å²) in [4.78, 5) is 38.6. The summed E-state index contributed by atoms with van der Waals surface area (Å²) >= 11 is 0. The average molecular weight is 451 g/mol. The summed E-state index contributed by atoms with van der Waals surface area (Å²) in [6.07, 6.45) is 3.26. The van der Waals surface area contributed by atoms with Crippen LogP contribution in [0, 0.1) is 11.3 Å². The number of nitriles is 1. The van der Waals surface area contributed by atoms with E-state index in [9.17, 15) is 14.9 Å². The molecule has 1 aliphatic heterocycles. The monoisotopic (exact) mass is 450 g/mol. The quantitative estimate of drug-likeness (QED) is 0.474. The van der Waals surface area contributed by atoms with E-state index < -0.39 is 0 Å². The number of fused-ring (bicyclic) bond motifs is 1. The number of carbonyl (C=O) groups is 1. The zero-order chi connectivity index (χ0) is 23.5. The van der Waals surface area contributed by atoms with Gasteiger partial charge in [-0.25, -0.2) is 4.98 Å². The molecule has 4 heterocycles. The molecular weight excluding hydrogens is 428 g/mol. The Bertz CT molecular complexity index is 1440. The molecule has 5 rings (SSSR count). The number of rotatable bonds is 4. The second-order valence-electron chi connectivity index (χ2n) is 8.08. The minimum Gasteiger partial charge on any atom is -0.366 e. The van der Waals surface area contributed by atoms with E-state index in [2.05, 4.69) is 16.0 Å². The van der Waals surface area contributed by atoms with Gasteiger partial charge in [-0.15, -0.1) is 0 Å². The molecule has 0 atom stereocenters. The van der Waals surface area contributed by atoms with E-state index >= 15 is 0 Å². The van der Waals surface area contributed by atoms with Crippen molar-refractivity contribution in [2.75, 3.05) is 31.1 Å². The van der Waals surface area contributed by atoms with Gasteiger partial charge in [-0.05, 0) is 29.8 Å². The summed E-state index contributed by atoms with van der Waals surface area (Å²) in [5.74, 6) is -0.120. The lowest BCUT2D eigenvalue weighted by atomic mass is 10.1. The van der Waals surface area contributed by atoms with Gasteiger partial charge in [-0.1, -0.05) is 36.4 Å². The molecule has 0 spiro atoms. The van der Waals surface area contributed by atoms with Crippen molar-refractivity contribution in [2.24, 2.45) is 0 Å². The van der Waals surface area contributed by atoms with Gasteiger partial charge in [0, 0.05) is 44.0 Å². The van der Waals surface area contributed by atoms with Crippen LogP contribution in [0.5, 0.6) is 0 Å². The third-order valence-corrected chi connectivity index (χ3v) is 6.06. The number of pyridine rings is 3. The predicted molar refractivity (Wildman–Crippen MR) is 129 cm³/mol. The molecule has 0 N–H and O–H groups in total. The molecule has 8 nitrogen and oxygen atoms in total. The number of hydrogen-bond donors (Lipinski definition) is 0. The van der Waals surface area contributed by atoms with Gasteiger partial charge in [0.2, 0.25) is 0 Å². The van der Waals surface area contributed by atoms with Crippen LogP contribution in [0.15, 0.2) is 77.9 Å². The minimum atomic E-state index is -0.362. The minimum absolute atomic E-state index is 0.0981.